The van der Waals surface area contributed by atoms with Crippen molar-refractivity contribution in [3.8, 4) is 5.75 Å². The highest BCUT2D eigenvalue weighted by Gasteiger charge is 2.28. The Labute approximate surface area is 158 Å². The van der Waals surface area contributed by atoms with Gasteiger partial charge in [-0.2, -0.15) is 13.2 Å². The molecule has 3 nitrogen and oxygen atoms in total. The summed E-state index contributed by atoms with van der Waals surface area (Å²) < 4.78 is 47.8. The van der Waals surface area contributed by atoms with Crippen LogP contribution in [0, 0.1) is 0 Å². The van der Waals surface area contributed by atoms with Gasteiger partial charge in [0, 0.05) is 11.1 Å². The number of alkyl halides is 3. The Morgan fingerprint density at radius 1 is 1.00 bits per heavy atom. The Bertz CT molecular complexity index is 858. The number of nitrogens with zero attached hydrogens (tertiary/aromatic N) is 1. The lowest BCUT2D eigenvalue weighted by molar-refractivity contribution is -0.0328. The van der Waals surface area contributed by atoms with E-state index in [-0.39, 0.29) is 23.3 Å². The maximum atomic E-state index is 12.3. The Kier molecular flexibility index (Phi) is 6.24. The number of benzene rings is 2. The quantitative estimate of drug-likeness (QED) is 0.361. The van der Waals surface area contributed by atoms with Crippen molar-refractivity contribution in [1.82, 2.24) is 0 Å². The van der Waals surface area contributed by atoms with E-state index < -0.39 is 5.51 Å². The number of furan rings is 1. The lowest BCUT2D eigenvalue weighted by atomic mass is 10.2. The molecule has 0 saturated heterocycles. The largest absolute Gasteiger partial charge is 0.489 e. The minimum absolute atomic E-state index is 0.128. The lowest BCUT2D eigenvalue weighted by Crippen LogP contribution is -1.99. The van der Waals surface area contributed by atoms with E-state index in [4.69, 9.17) is 9.15 Å². The van der Waals surface area contributed by atoms with Crippen LogP contribution in [0.1, 0.15) is 16.9 Å². The van der Waals surface area contributed by atoms with Gasteiger partial charge in [-0.3, -0.25) is 4.99 Å². The molecule has 0 aliphatic heterocycles. The van der Waals surface area contributed by atoms with Gasteiger partial charge in [-0.1, -0.05) is 12.1 Å². The molecule has 0 radical (unpaired) electrons. The van der Waals surface area contributed by atoms with Gasteiger partial charge in [0.1, 0.15) is 18.1 Å². The van der Waals surface area contributed by atoms with Gasteiger partial charge in [-0.05, 0) is 71.4 Å². The molecule has 0 aliphatic rings. The predicted molar refractivity (Wildman–Crippen MR) is 99.1 cm³/mol. The molecule has 0 bridgehead atoms. The first kappa shape index (κ1) is 19.1. The summed E-state index contributed by atoms with van der Waals surface area (Å²) in [6.07, 6.45) is 3.36. The lowest BCUT2D eigenvalue weighted by Gasteiger charge is -2.08. The van der Waals surface area contributed by atoms with E-state index in [2.05, 4.69) is 4.99 Å². The number of halogens is 3. The van der Waals surface area contributed by atoms with Crippen molar-refractivity contribution in [3.63, 3.8) is 0 Å². The summed E-state index contributed by atoms with van der Waals surface area (Å²) >= 11 is -0.128. The molecule has 27 heavy (non-hydrogen) atoms. The van der Waals surface area contributed by atoms with Crippen molar-refractivity contribution in [3.05, 3.63) is 83.8 Å². The predicted octanol–water partition coefficient (Wildman–Crippen LogP) is 6.09. The van der Waals surface area contributed by atoms with E-state index in [1.165, 1.54) is 12.1 Å². The number of hydrogen-bond donors (Lipinski definition) is 0. The Morgan fingerprint density at radius 3 is 2.37 bits per heavy atom. The molecule has 140 valence electrons. The van der Waals surface area contributed by atoms with E-state index in [9.17, 15) is 13.2 Å². The van der Waals surface area contributed by atoms with Gasteiger partial charge >= 0.3 is 5.51 Å². The highest BCUT2D eigenvalue weighted by molar-refractivity contribution is 8.00. The number of ether oxygens (including phenoxy) is 1. The summed E-state index contributed by atoms with van der Waals surface area (Å²) in [5.74, 6) is 1.47. The SMILES string of the molecule is FC(F)(F)Sc1ccc(COc2ccc(C=NCc3ccco3)cc2)cc1. The van der Waals surface area contributed by atoms with Crippen molar-refractivity contribution in [2.24, 2.45) is 4.99 Å². The number of hydrogen-bond acceptors (Lipinski definition) is 4. The summed E-state index contributed by atoms with van der Waals surface area (Å²) in [6.45, 7) is 0.761. The fourth-order valence-corrected chi connectivity index (χ4v) is 2.79. The monoisotopic (exact) mass is 391 g/mol. The molecular weight excluding hydrogens is 375 g/mol. The van der Waals surface area contributed by atoms with Crippen molar-refractivity contribution in [2.75, 3.05) is 0 Å². The van der Waals surface area contributed by atoms with Crippen LogP contribution in [-0.4, -0.2) is 11.7 Å². The molecule has 0 amide bonds. The third-order valence-corrected chi connectivity index (χ3v) is 4.25. The minimum atomic E-state index is -4.28. The first-order chi connectivity index (χ1) is 13.0. The highest BCUT2D eigenvalue weighted by Crippen LogP contribution is 2.36. The van der Waals surface area contributed by atoms with Gasteiger partial charge in [-0.25, -0.2) is 0 Å². The molecule has 0 aliphatic carbocycles. The van der Waals surface area contributed by atoms with Crippen LogP contribution in [0.3, 0.4) is 0 Å². The van der Waals surface area contributed by atoms with Crippen LogP contribution in [0.25, 0.3) is 0 Å². The normalized spacial score (nSPS) is 11.8. The maximum Gasteiger partial charge on any atom is 0.446 e. The van der Waals surface area contributed by atoms with Crippen LogP contribution >= 0.6 is 11.8 Å². The van der Waals surface area contributed by atoms with Crippen molar-refractivity contribution in [2.45, 2.75) is 23.6 Å². The third kappa shape index (κ3) is 6.53. The molecule has 0 fully saturated rings. The molecule has 7 heteroatoms. The molecule has 0 spiro atoms. The van der Waals surface area contributed by atoms with Gasteiger partial charge in [0.15, 0.2) is 0 Å². The first-order valence-electron chi connectivity index (χ1n) is 8.08. The van der Waals surface area contributed by atoms with E-state index in [0.29, 0.717) is 12.3 Å². The summed E-state index contributed by atoms with van der Waals surface area (Å²) in [5, 5.41) is 0. The minimum Gasteiger partial charge on any atom is -0.489 e. The zero-order chi connectivity index (χ0) is 19.1. The second-order valence-electron chi connectivity index (χ2n) is 5.60. The van der Waals surface area contributed by atoms with Crippen molar-refractivity contribution < 1.29 is 22.3 Å². The van der Waals surface area contributed by atoms with Crippen LogP contribution in [-0.2, 0) is 13.2 Å². The zero-order valence-corrected chi connectivity index (χ0v) is 15.0. The van der Waals surface area contributed by atoms with Crippen LogP contribution < -0.4 is 4.74 Å². The van der Waals surface area contributed by atoms with Crippen molar-refractivity contribution in [1.29, 1.82) is 0 Å². The van der Waals surface area contributed by atoms with E-state index in [0.717, 1.165) is 16.9 Å². The number of aliphatic imine (C=N–C) groups is 1. The second-order valence-corrected chi connectivity index (χ2v) is 6.74. The fourth-order valence-electron chi connectivity index (χ4n) is 2.25. The zero-order valence-electron chi connectivity index (χ0n) is 14.1. The molecule has 3 aromatic rings. The summed E-state index contributed by atoms with van der Waals surface area (Å²) in [6, 6.07) is 17.2. The highest BCUT2D eigenvalue weighted by atomic mass is 32.2. The molecule has 1 aromatic heterocycles. The van der Waals surface area contributed by atoms with Gasteiger partial charge in [-0.15, -0.1) is 0 Å². The molecule has 0 saturated carbocycles. The molecule has 3 rings (SSSR count). The van der Waals surface area contributed by atoms with Gasteiger partial charge in [0.25, 0.3) is 0 Å². The van der Waals surface area contributed by atoms with Crippen LogP contribution in [0.5, 0.6) is 5.75 Å². The number of rotatable bonds is 7. The average molecular weight is 391 g/mol. The molecule has 0 unspecified atom stereocenters. The first-order valence-corrected chi connectivity index (χ1v) is 8.89. The standard InChI is InChI=1S/C20H16F3NO2S/c21-20(22,23)27-19-9-5-16(6-10-19)14-26-17-7-3-15(4-8-17)12-24-13-18-2-1-11-25-18/h1-12H,13-14H2. The molecule has 0 N–H and O–H groups in total. The summed E-state index contributed by atoms with van der Waals surface area (Å²) in [5.41, 5.74) is -2.55. The second kappa shape index (κ2) is 8.81. The molecular formula is C20H16F3NO2S. The van der Waals surface area contributed by atoms with E-state index >= 15 is 0 Å². The fraction of sp³-hybridized carbons (Fsp3) is 0.150. The van der Waals surface area contributed by atoms with Gasteiger partial charge < -0.3 is 9.15 Å². The van der Waals surface area contributed by atoms with Gasteiger partial charge in [0.05, 0.1) is 12.8 Å². The Balaban J connectivity index is 1.49. The molecule has 0 atom stereocenters. The maximum absolute atomic E-state index is 12.3. The number of thioether (sulfide) groups is 1. The summed E-state index contributed by atoms with van der Waals surface area (Å²) in [4.78, 5) is 4.46. The molecule has 1 heterocycles. The molecule has 2 aromatic carbocycles. The Morgan fingerprint density at radius 2 is 1.74 bits per heavy atom. The van der Waals surface area contributed by atoms with E-state index in [1.807, 2.05) is 36.4 Å². The van der Waals surface area contributed by atoms with Gasteiger partial charge in [0.2, 0.25) is 0 Å². The van der Waals surface area contributed by atoms with Crippen LogP contribution in [0.2, 0.25) is 0 Å². The van der Waals surface area contributed by atoms with E-state index in [1.54, 1.807) is 24.6 Å². The summed E-state index contributed by atoms with van der Waals surface area (Å²) in [7, 11) is 0. The smallest absolute Gasteiger partial charge is 0.446 e. The third-order valence-electron chi connectivity index (χ3n) is 3.51. The van der Waals surface area contributed by atoms with Crippen molar-refractivity contribution >= 4 is 18.0 Å². The topological polar surface area (TPSA) is 34.7 Å². The Hall–Kier alpha value is -2.67. The average Bonchev–Trinajstić information content (AvgIpc) is 3.14. The van der Waals surface area contributed by atoms with Crippen LogP contribution in [0.4, 0.5) is 13.2 Å². The van der Waals surface area contributed by atoms with Crippen LogP contribution in [0.15, 0.2) is 81.2 Å².